The molecule has 6 rings (SSSR count). The average Bonchev–Trinajstić information content (AvgIpc) is 3.29. The molecule has 6 aromatic rings. The molecule has 6 aromatic carbocycles. The number of carbonyl (C=O) groups excluding carboxylic acids is 2. The summed E-state index contributed by atoms with van der Waals surface area (Å²) in [5.41, 5.74) is 6.13. The van der Waals surface area contributed by atoms with Crippen LogP contribution in [0.4, 0.5) is 39.8 Å². The van der Waals surface area contributed by atoms with Crippen LogP contribution in [0, 0.1) is 0 Å². The third-order valence-corrected chi connectivity index (χ3v) is 9.56. The first kappa shape index (κ1) is 43.2. The van der Waals surface area contributed by atoms with Crippen molar-refractivity contribution in [2.24, 2.45) is 30.7 Å². The third-order valence-electron chi connectivity index (χ3n) is 9.56. The predicted octanol–water partition coefficient (Wildman–Crippen LogP) is 14.2. The summed E-state index contributed by atoms with van der Waals surface area (Å²) in [5.74, 6) is 0.219. The van der Waals surface area contributed by atoms with Crippen molar-refractivity contribution >= 4 is 62.5 Å². The maximum atomic E-state index is 12.8. The van der Waals surface area contributed by atoms with Crippen LogP contribution in [-0.2, 0) is 9.53 Å². The largest absolute Gasteiger partial charge is 0.494 e. The fourth-order valence-corrected chi connectivity index (χ4v) is 6.15. The second-order valence-electron chi connectivity index (χ2n) is 14.0. The maximum absolute atomic E-state index is 12.8. The Labute approximate surface area is 356 Å². The highest BCUT2D eigenvalue weighted by Crippen LogP contribution is 2.35. The monoisotopic (exact) mass is 815 g/mol. The lowest BCUT2D eigenvalue weighted by Gasteiger charge is -2.20. The van der Waals surface area contributed by atoms with Crippen LogP contribution in [0.15, 0.2) is 176 Å². The Morgan fingerprint density at radius 1 is 0.541 bits per heavy atom. The number of benzene rings is 6. The van der Waals surface area contributed by atoms with Gasteiger partial charge in [0.2, 0.25) is 0 Å². The van der Waals surface area contributed by atoms with Crippen LogP contribution in [0.25, 0.3) is 10.8 Å². The van der Waals surface area contributed by atoms with E-state index in [4.69, 9.17) is 14.2 Å². The molecule has 0 N–H and O–H groups in total. The topological polar surface area (TPSA) is 139 Å². The summed E-state index contributed by atoms with van der Waals surface area (Å²) in [4.78, 5) is 26.5. The fraction of sp³-hybridized carbons (Fsp3) is 0.224. The van der Waals surface area contributed by atoms with Crippen molar-refractivity contribution in [3.05, 3.63) is 151 Å². The van der Waals surface area contributed by atoms with Crippen molar-refractivity contribution in [2.75, 3.05) is 31.2 Å². The van der Waals surface area contributed by atoms with Gasteiger partial charge in [-0.05, 0) is 156 Å². The quantitative estimate of drug-likeness (QED) is 0.0247. The highest BCUT2D eigenvalue weighted by atomic mass is 16.5. The maximum Gasteiger partial charge on any atom is 0.343 e. The molecule has 0 aliphatic rings. The lowest BCUT2D eigenvalue weighted by Crippen LogP contribution is -2.21. The SMILES string of the molecule is C=C(C)C(=O)OCCCCCCOc1ccc(C(=O)Oc2ccc(N=Nc3ccc(N=Nc4ccc(N=Nc5ccc(N(CC)CC)cc5)cc4)c4ccccc34)cc2)cc1. The minimum absolute atomic E-state index is 0.352. The van der Waals surface area contributed by atoms with E-state index in [0.717, 1.165) is 55.2 Å². The zero-order valence-electron chi connectivity index (χ0n) is 34.7. The number of unbranched alkanes of at least 4 members (excludes halogenated alkanes) is 3. The Balaban J connectivity index is 0.979. The molecule has 0 saturated heterocycles. The van der Waals surface area contributed by atoms with E-state index >= 15 is 0 Å². The number of hydrogen-bond acceptors (Lipinski definition) is 12. The first-order chi connectivity index (χ1) is 29.8. The van der Waals surface area contributed by atoms with Crippen molar-refractivity contribution in [1.82, 2.24) is 0 Å². The van der Waals surface area contributed by atoms with Gasteiger partial charge in [0.15, 0.2) is 0 Å². The number of esters is 2. The van der Waals surface area contributed by atoms with Gasteiger partial charge in [-0.3, -0.25) is 0 Å². The van der Waals surface area contributed by atoms with Gasteiger partial charge in [-0.15, -0.1) is 10.2 Å². The van der Waals surface area contributed by atoms with Crippen LogP contribution < -0.4 is 14.4 Å². The van der Waals surface area contributed by atoms with Crippen LogP contribution in [0.5, 0.6) is 11.5 Å². The molecular weight excluding hydrogens is 767 g/mol. The van der Waals surface area contributed by atoms with Crippen molar-refractivity contribution < 1.29 is 23.8 Å². The van der Waals surface area contributed by atoms with Gasteiger partial charge in [0.25, 0.3) is 0 Å². The van der Waals surface area contributed by atoms with Crippen molar-refractivity contribution in [1.29, 1.82) is 0 Å². The van der Waals surface area contributed by atoms with Crippen LogP contribution in [0.1, 0.15) is 56.8 Å². The van der Waals surface area contributed by atoms with Gasteiger partial charge in [-0.2, -0.15) is 20.5 Å². The Bertz CT molecular complexity index is 2480. The molecule has 0 unspecified atom stereocenters. The molecule has 0 fully saturated rings. The molecule has 0 atom stereocenters. The molecule has 310 valence electrons. The Morgan fingerprint density at radius 2 is 1.00 bits per heavy atom. The zero-order chi connectivity index (χ0) is 42.8. The second kappa shape index (κ2) is 22.1. The summed E-state index contributed by atoms with van der Waals surface area (Å²) >= 11 is 0. The van der Waals surface area contributed by atoms with Gasteiger partial charge in [0, 0.05) is 35.1 Å². The average molecular weight is 816 g/mol. The van der Waals surface area contributed by atoms with E-state index < -0.39 is 5.97 Å². The number of carbonyl (C=O) groups is 2. The molecule has 0 amide bonds. The predicted molar refractivity (Wildman–Crippen MR) is 240 cm³/mol. The molecule has 0 aliphatic carbocycles. The first-order valence-electron chi connectivity index (χ1n) is 20.4. The van der Waals surface area contributed by atoms with Gasteiger partial charge in [-0.25, -0.2) is 9.59 Å². The standard InChI is InChI=1S/C49H49N7O5/c1-5-56(6-2)41-25-21-39(22-26-41)51-50-37-17-19-38(20-18-37)52-54-46-31-32-47(45-14-10-9-13-44(45)46)55-53-40-23-29-43(30-24-40)61-49(58)36-15-27-42(28-16-36)59-33-11-7-8-12-34-60-48(57)35(3)4/h9-10,13-32H,3,5-8,11-12,33-34H2,1-2,4H3. The molecule has 0 bridgehead atoms. The van der Waals surface area contributed by atoms with Crippen molar-refractivity contribution in [3.8, 4) is 11.5 Å². The Kier molecular flexibility index (Phi) is 15.7. The van der Waals surface area contributed by atoms with E-state index in [2.05, 4.69) is 68.1 Å². The molecule has 0 aromatic heterocycles. The summed E-state index contributed by atoms with van der Waals surface area (Å²) in [7, 11) is 0. The van der Waals surface area contributed by atoms with Gasteiger partial charge in [-0.1, -0.05) is 30.8 Å². The van der Waals surface area contributed by atoms with Gasteiger partial charge < -0.3 is 19.1 Å². The highest BCUT2D eigenvalue weighted by molar-refractivity contribution is 5.99. The Morgan fingerprint density at radius 3 is 1.51 bits per heavy atom. The van der Waals surface area contributed by atoms with E-state index in [1.165, 1.54) is 5.69 Å². The number of nitrogens with zero attached hydrogens (tertiary/aromatic N) is 7. The first-order valence-corrected chi connectivity index (χ1v) is 20.4. The molecule has 0 spiro atoms. The number of azo groups is 3. The van der Waals surface area contributed by atoms with E-state index in [9.17, 15) is 9.59 Å². The van der Waals surface area contributed by atoms with Crippen LogP contribution in [0.2, 0.25) is 0 Å². The Hall–Kier alpha value is -7.34. The smallest absolute Gasteiger partial charge is 0.343 e. The summed E-state index contributed by atoms with van der Waals surface area (Å²) in [6.07, 6.45) is 3.55. The molecule has 61 heavy (non-hydrogen) atoms. The fourth-order valence-electron chi connectivity index (χ4n) is 6.15. The summed E-state index contributed by atoms with van der Waals surface area (Å²) in [5, 5.41) is 28.5. The number of rotatable bonds is 20. The lowest BCUT2D eigenvalue weighted by molar-refractivity contribution is -0.139. The van der Waals surface area contributed by atoms with Crippen LogP contribution in [-0.4, -0.2) is 38.2 Å². The molecule has 12 heteroatoms. The van der Waals surface area contributed by atoms with Gasteiger partial charge >= 0.3 is 11.9 Å². The van der Waals surface area contributed by atoms with E-state index in [1.807, 2.05) is 72.8 Å². The van der Waals surface area contributed by atoms with Crippen LogP contribution >= 0.6 is 0 Å². The van der Waals surface area contributed by atoms with E-state index in [1.54, 1.807) is 55.5 Å². The third kappa shape index (κ3) is 12.8. The number of hydrogen-bond donors (Lipinski definition) is 0. The molecule has 12 nitrogen and oxygen atoms in total. The molecule has 0 aliphatic heterocycles. The lowest BCUT2D eigenvalue weighted by atomic mass is 10.1. The van der Waals surface area contributed by atoms with Gasteiger partial charge in [0.1, 0.15) is 11.5 Å². The zero-order valence-corrected chi connectivity index (χ0v) is 34.7. The van der Waals surface area contributed by atoms with E-state index in [-0.39, 0.29) is 5.97 Å². The second-order valence-corrected chi connectivity index (χ2v) is 14.0. The van der Waals surface area contributed by atoms with E-state index in [0.29, 0.717) is 64.3 Å². The van der Waals surface area contributed by atoms with Crippen LogP contribution in [0.3, 0.4) is 0 Å². The minimum atomic E-state index is -0.483. The van der Waals surface area contributed by atoms with Crippen molar-refractivity contribution in [2.45, 2.75) is 46.5 Å². The highest BCUT2D eigenvalue weighted by Gasteiger charge is 2.10. The number of fused-ring (bicyclic) bond motifs is 1. The molecule has 0 heterocycles. The summed E-state index contributed by atoms with van der Waals surface area (Å²) < 4.78 is 16.5. The molecule has 0 saturated carbocycles. The molecule has 0 radical (unpaired) electrons. The normalized spacial score (nSPS) is 11.4. The number of anilines is 1. The molecular formula is C49H49N7O5. The van der Waals surface area contributed by atoms with Crippen molar-refractivity contribution in [3.63, 3.8) is 0 Å². The van der Waals surface area contributed by atoms with Gasteiger partial charge in [0.05, 0.1) is 52.9 Å². The minimum Gasteiger partial charge on any atom is -0.494 e. The number of ether oxygens (including phenoxy) is 3. The summed E-state index contributed by atoms with van der Waals surface area (Å²) in [6, 6.07) is 40.7. The summed E-state index contributed by atoms with van der Waals surface area (Å²) in [6.45, 7) is 12.3.